The summed E-state index contributed by atoms with van der Waals surface area (Å²) in [5.41, 5.74) is 2.74. The van der Waals surface area contributed by atoms with E-state index in [-0.39, 0.29) is 11.3 Å². The lowest BCUT2D eigenvalue weighted by atomic mass is 10.0. The van der Waals surface area contributed by atoms with Crippen molar-refractivity contribution in [2.45, 2.75) is 38.0 Å². The number of hydrogen-bond acceptors (Lipinski definition) is 6. The lowest BCUT2D eigenvalue weighted by Gasteiger charge is -2.23. The molecule has 0 saturated heterocycles. The molecule has 2 heterocycles. The Morgan fingerprint density at radius 3 is 2.87 bits per heavy atom. The number of anilines is 1. The maximum Gasteiger partial charge on any atom is 0.325 e. The van der Waals surface area contributed by atoms with E-state index in [0.29, 0.717) is 27.7 Å². The van der Waals surface area contributed by atoms with Crippen LogP contribution >= 0.6 is 27.7 Å². The Kier molecular flexibility index (Phi) is 6.52. The predicted octanol–water partition coefficient (Wildman–Crippen LogP) is 4.46. The maximum absolute atomic E-state index is 13.1. The Balaban J connectivity index is 1.87. The number of phenolic OH excluding ortho intramolecular Hbond substituents is 1. The summed E-state index contributed by atoms with van der Waals surface area (Å²) < 4.78 is 7.85. The van der Waals surface area contributed by atoms with E-state index in [4.69, 9.17) is 9.84 Å². The third kappa shape index (κ3) is 4.29. The summed E-state index contributed by atoms with van der Waals surface area (Å²) in [5, 5.41) is 19.2. The molecule has 3 aromatic rings. The number of nitrogens with one attached hydrogen (secondary N) is 2. The Morgan fingerprint density at radius 1 is 1.29 bits per heavy atom. The van der Waals surface area contributed by atoms with E-state index < -0.39 is 6.17 Å². The lowest BCUT2D eigenvalue weighted by molar-refractivity contribution is -0.759. The third-order valence-electron chi connectivity index (χ3n) is 4.99. The summed E-state index contributed by atoms with van der Waals surface area (Å²) in [5.74, 6) is 1.30. The van der Waals surface area contributed by atoms with E-state index in [1.165, 1.54) is 11.8 Å². The number of thioether (sulfide) groups is 1. The third-order valence-corrected chi connectivity index (χ3v) is 6.54. The van der Waals surface area contributed by atoms with E-state index in [1.54, 1.807) is 10.7 Å². The van der Waals surface area contributed by atoms with Crippen molar-refractivity contribution in [1.82, 2.24) is 10.1 Å². The Labute approximate surface area is 193 Å². The monoisotopic (exact) mass is 503 g/mol. The highest BCUT2D eigenvalue weighted by Crippen LogP contribution is 2.39. The maximum atomic E-state index is 13.1. The van der Waals surface area contributed by atoms with Gasteiger partial charge in [0.1, 0.15) is 0 Å². The second-order valence-electron chi connectivity index (χ2n) is 7.13. The number of aromatic amines is 1. The minimum Gasteiger partial charge on any atom is -0.503 e. The van der Waals surface area contributed by atoms with Crippen LogP contribution in [0.1, 0.15) is 38.4 Å². The summed E-state index contributed by atoms with van der Waals surface area (Å²) in [7, 11) is 0. The van der Waals surface area contributed by atoms with Crippen molar-refractivity contribution in [3.05, 3.63) is 56.8 Å². The number of phenols is 1. The van der Waals surface area contributed by atoms with Crippen molar-refractivity contribution in [2.24, 2.45) is 0 Å². The van der Waals surface area contributed by atoms with Crippen molar-refractivity contribution in [1.29, 1.82) is 0 Å². The van der Waals surface area contributed by atoms with Gasteiger partial charge in [0.25, 0.3) is 6.17 Å². The van der Waals surface area contributed by atoms with E-state index in [9.17, 15) is 9.90 Å². The summed E-state index contributed by atoms with van der Waals surface area (Å²) in [4.78, 5) is 16.0. The molecule has 3 N–H and O–H groups in total. The smallest absolute Gasteiger partial charge is 0.325 e. The van der Waals surface area contributed by atoms with E-state index in [0.717, 1.165) is 35.4 Å². The molecule has 1 aliphatic heterocycles. The fourth-order valence-corrected chi connectivity index (χ4v) is 4.91. The minimum absolute atomic E-state index is 0.0433. The molecular formula is C22H24BrN4O3S+. The van der Waals surface area contributed by atoms with Gasteiger partial charge in [-0.15, -0.1) is 0 Å². The van der Waals surface area contributed by atoms with Gasteiger partial charge in [-0.25, -0.2) is 0 Å². The van der Waals surface area contributed by atoms with Crippen molar-refractivity contribution in [3.8, 4) is 22.8 Å². The number of benzene rings is 2. The zero-order valence-corrected chi connectivity index (χ0v) is 19.7. The molecule has 0 unspecified atom stereocenters. The molecule has 0 radical (unpaired) electrons. The van der Waals surface area contributed by atoms with Gasteiger partial charge in [0.15, 0.2) is 11.5 Å². The average molecular weight is 504 g/mol. The second kappa shape index (κ2) is 9.32. The summed E-state index contributed by atoms with van der Waals surface area (Å²) in [6.07, 6.45) is 1.67. The van der Waals surface area contributed by atoms with Crippen molar-refractivity contribution < 1.29 is 14.5 Å². The van der Waals surface area contributed by atoms with Crippen molar-refractivity contribution in [2.75, 3.05) is 17.7 Å². The highest BCUT2D eigenvalue weighted by atomic mass is 79.9. The first-order valence-corrected chi connectivity index (χ1v) is 12.0. The van der Waals surface area contributed by atoms with Crippen molar-refractivity contribution >= 4 is 33.4 Å². The fraction of sp³-hybridized carbons (Fsp3) is 0.318. The van der Waals surface area contributed by atoms with E-state index in [1.807, 2.05) is 37.3 Å². The number of rotatable bonds is 7. The molecule has 0 bridgehead atoms. The first-order valence-electron chi connectivity index (χ1n) is 10.2. The number of halogens is 1. The summed E-state index contributed by atoms with van der Waals surface area (Å²) >= 11 is 4.95. The van der Waals surface area contributed by atoms with Crippen molar-refractivity contribution in [3.63, 3.8) is 0 Å². The Bertz CT molecular complexity index is 1170. The number of aromatic nitrogens is 3. The number of unbranched alkanes of at least 4 members (excludes halogenated alkanes) is 1. The number of nitrogens with zero attached hydrogens (tertiary/aromatic N) is 2. The number of fused-ring (bicyclic) bond motifs is 3. The van der Waals surface area contributed by atoms with Gasteiger partial charge in [-0.05, 0) is 58.2 Å². The number of H-pyrrole nitrogens is 1. The molecule has 2 aromatic carbocycles. The minimum atomic E-state index is -0.450. The highest BCUT2D eigenvalue weighted by molar-refractivity contribution is 9.10. The number of aromatic hydroxyl groups is 1. The summed E-state index contributed by atoms with van der Waals surface area (Å²) in [6, 6.07) is 11.3. The van der Waals surface area contributed by atoms with Gasteiger partial charge in [-0.3, -0.25) is 9.78 Å². The molecule has 9 heteroatoms. The van der Waals surface area contributed by atoms with Gasteiger partial charge in [0, 0.05) is 16.4 Å². The van der Waals surface area contributed by atoms with Crippen LogP contribution in [0.4, 0.5) is 5.69 Å². The van der Waals surface area contributed by atoms with Gasteiger partial charge in [-0.2, -0.15) is 0 Å². The normalized spacial score (nSPS) is 14.5. The molecule has 0 spiro atoms. The summed E-state index contributed by atoms with van der Waals surface area (Å²) in [6.45, 7) is 4.41. The molecule has 0 saturated carbocycles. The lowest BCUT2D eigenvalue weighted by Crippen LogP contribution is -2.55. The number of para-hydroxylation sites is 1. The van der Waals surface area contributed by atoms with Crippen LogP contribution in [0.5, 0.6) is 11.5 Å². The van der Waals surface area contributed by atoms with Gasteiger partial charge in [0.2, 0.25) is 5.16 Å². The molecule has 1 aliphatic rings. The van der Waals surface area contributed by atoms with Crippen LogP contribution in [0.25, 0.3) is 11.3 Å². The van der Waals surface area contributed by atoms with E-state index in [2.05, 4.69) is 33.2 Å². The molecule has 31 heavy (non-hydrogen) atoms. The van der Waals surface area contributed by atoms with Crippen LogP contribution in [0.15, 0.2) is 50.8 Å². The molecule has 0 aliphatic carbocycles. The number of hydrogen-bond donors (Lipinski definition) is 3. The standard InChI is InChI=1S/C22H23BrN4O3S/c1-3-5-10-31-22-25-21(29)18-14-8-6-7-9-16(14)24-20(27(18)26-22)13-11-15(23)19(28)17(12-13)30-4-2/h6-9,11-12,20H,3-5,10H2,1-2H3,(H2,25,26,28,29)/p+1/t20-/m1/s1. The SMILES string of the molecule is CCCCSc1n[n+]2c(c(=O)[nH]1)-c1ccccc1N[C@H]2c1cc(Br)c(O)c(OCC)c1. The van der Waals surface area contributed by atoms with Crippen LogP contribution in [-0.2, 0) is 0 Å². The van der Waals surface area contributed by atoms with Gasteiger partial charge < -0.3 is 15.2 Å². The van der Waals surface area contributed by atoms with Gasteiger partial charge >= 0.3 is 11.3 Å². The average Bonchev–Trinajstić information content (AvgIpc) is 2.76. The molecule has 1 atom stereocenters. The fourth-order valence-electron chi connectivity index (χ4n) is 3.51. The molecule has 162 valence electrons. The van der Waals surface area contributed by atoms with Gasteiger partial charge in [0.05, 0.1) is 22.3 Å². The van der Waals surface area contributed by atoms with E-state index >= 15 is 0 Å². The van der Waals surface area contributed by atoms with Crippen LogP contribution in [0.3, 0.4) is 0 Å². The quantitative estimate of drug-likeness (QED) is 0.250. The Hall–Kier alpha value is -2.52. The second-order valence-corrected chi connectivity index (χ2v) is 9.07. The Morgan fingerprint density at radius 2 is 2.10 bits per heavy atom. The molecule has 0 amide bonds. The topological polar surface area (TPSA) is 91.1 Å². The van der Waals surface area contributed by atoms with Crippen LogP contribution in [-0.4, -0.2) is 27.5 Å². The molecule has 7 nitrogen and oxygen atoms in total. The largest absolute Gasteiger partial charge is 0.503 e. The zero-order chi connectivity index (χ0) is 22.0. The predicted molar refractivity (Wildman–Crippen MR) is 125 cm³/mol. The first kappa shape index (κ1) is 21.7. The molecule has 4 rings (SSSR count). The number of ether oxygens (including phenoxy) is 1. The molecule has 0 fully saturated rings. The van der Waals surface area contributed by atoms with Crippen LogP contribution in [0, 0.1) is 0 Å². The molecular weight excluding hydrogens is 480 g/mol. The van der Waals surface area contributed by atoms with Crippen LogP contribution < -0.4 is 20.3 Å². The zero-order valence-electron chi connectivity index (χ0n) is 17.3. The molecule has 1 aromatic heterocycles. The van der Waals surface area contributed by atoms with Crippen LogP contribution in [0.2, 0.25) is 0 Å². The first-order chi connectivity index (χ1) is 15.0. The van der Waals surface area contributed by atoms with Gasteiger partial charge in [-0.1, -0.05) is 37.2 Å². The highest BCUT2D eigenvalue weighted by Gasteiger charge is 2.38.